The van der Waals surface area contributed by atoms with E-state index in [1.165, 1.54) is 11.1 Å². The van der Waals surface area contributed by atoms with Gasteiger partial charge in [0.2, 0.25) is 0 Å². The maximum absolute atomic E-state index is 12.3. The highest BCUT2D eigenvalue weighted by Crippen LogP contribution is 2.46. The van der Waals surface area contributed by atoms with E-state index in [9.17, 15) is 9.90 Å². The minimum Gasteiger partial charge on any atom is -0.508 e. The molecule has 142 valence electrons. The molecule has 4 heterocycles. The number of phenols is 1. The van der Waals surface area contributed by atoms with Crippen molar-refractivity contribution < 1.29 is 14.6 Å². The van der Waals surface area contributed by atoms with Gasteiger partial charge in [0, 0.05) is 22.2 Å². The van der Waals surface area contributed by atoms with E-state index in [0.29, 0.717) is 13.0 Å². The van der Waals surface area contributed by atoms with Crippen LogP contribution >= 0.6 is 0 Å². The van der Waals surface area contributed by atoms with Crippen LogP contribution in [0.3, 0.4) is 0 Å². The number of pyridine rings is 1. The van der Waals surface area contributed by atoms with Gasteiger partial charge >= 0.3 is 5.97 Å². The summed E-state index contributed by atoms with van der Waals surface area (Å²) >= 11 is 0. The van der Waals surface area contributed by atoms with E-state index in [-0.39, 0.29) is 24.2 Å². The Labute approximate surface area is 163 Å². The first kappa shape index (κ1) is 17.0. The lowest BCUT2D eigenvalue weighted by Crippen LogP contribution is -2.32. The molecule has 5 heteroatoms. The van der Waals surface area contributed by atoms with Gasteiger partial charge in [-0.3, -0.25) is 4.79 Å². The number of hydrogen-bond donors (Lipinski definition) is 1. The summed E-state index contributed by atoms with van der Waals surface area (Å²) in [4.78, 5) is 19.4. The van der Waals surface area contributed by atoms with Crippen molar-refractivity contribution in [3.63, 3.8) is 0 Å². The molecule has 0 spiro atoms. The molecule has 1 atom stereocenters. The summed E-state index contributed by atoms with van der Waals surface area (Å²) in [7, 11) is 0. The van der Waals surface area contributed by atoms with Crippen molar-refractivity contribution in [2.75, 3.05) is 6.61 Å². The molecular weight excluding hydrogens is 352 g/mol. The van der Waals surface area contributed by atoms with Crippen LogP contribution in [0.25, 0.3) is 16.6 Å². The zero-order chi connectivity index (χ0) is 19.6. The molecule has 5 nitrogen and oxygen atoms in total. The number of aromatic nitrogens is 1. The molecule has 2 aromatic rings. The molecule has 0 saturated heterocycles. The molecule has 1 aromatic heterocycles. The molecule has 28 heavy (non-hydrogen) atoms. The van der Waals surface area contributed by atoms with Gasteiger partial charge in [-0.2, -0.15) is 0 Å². The first-order valence-corrected chi connectivity index (χ1v) is 9.76. The molecule has 1 aromatic carbocycles. The number of esters is 1. The predicted octanol–water partition coefficient (Wildman–Crippen LogP) is 4.07. The number of aryl methyl sites for hydroxylation is 1. The summed E-state index contributed by atoms with van der Waals surface area (Å²) in [6, 6.07) is 5.33. The SMILES string of the molecule is C=C1C2=C(C=C3c4nc5ccc(O)cc5c(CC)c4CN13)[C@@H](CC)C(=O)OC2. The Morgan fingerprint density at radius 3 is 2.93 bits per heavy atom. The van der Waals surface area contributed by atoms with Crippen molar-refractivity contribution in [2.45, 2.75) is 33.2 Å². The lowest BCUT2D eigenvalue weighted by molar-refractivity contribution is -0.147. The molecule has 0 bridgehead atoms. The number of benzene rings is 1. The van der Waals surface area contributed by atoms with Gasteiger partial charge in [-0.25, -0.2) is 4.98 Å². The van der Waals surface area contributed by atoms with Gasteiger partial charge in [0.25, 0.3) is 0 Å². The minimum atomic E-state index is -0.248. The first-order valence-electron chi connectivity index (χ1n) is 9.76. The number of allylic oxidation sites excluding steroid dienone is 1. The van der Waals surface area contributed by atoms with Crippen LogP contribution < -0.4 is 0 Å². The van der Waals surface area contributed by atoms with Crippen molar-refractivity contribution in [3.8, 4) is 5.75 Å². The molecule has 3 aliphatic rings. The molecule has 0 amide bonds. The number of fused-ring (bicyclic) bond motifs is 4. The second-order valence-electron chi connectivity index (χ2n) is 7.54. The van der Waals surface area contributed by atoms with Crippen LogP contribution in [-0.2, 0) is 22.5 Å². The summed E-state index contributed by atoms with van der Waals surface area (Å²) in [5, 5.41) is 10.9. The van der Waals surface area contributed by atoms with E-state index in [0.717, 1.165) is 45.6 Å². The van der Waals surface area contributed by atoms with E-state index in [2.05, 4.69) is 24.5 Å². The fourth-order valence-corrected chi connectivity index (χ4v) is 4.70. The topological polar surface area (TPSA) is 62.7 Å². The second-order valence-corrected chi connectivity index (χ2v) is 7.54. The molecule has 0 fully saturated rings. The number of ether oxygens (including phenoxy) is 1. The number of cyclic esters (lactones) is 1. The highest BCUT2D eigenvalue weighted by molar-refractivity contribution is 5.90. The molecule has 0 saturated carbocycles. The maximum Gasteiger partial charge on any atom is 0.313 e. The molecule has 0 radical (unpaired) electrons. The van der Waals surface area contributed by atoms with Crippen LogP contribution in [0.2, 0.25) is 0 Å². The Morgan fingerprint density at radius 2 is 2.18 bits per heavy atom. The zero-order valence-corrected chi connectivity index (χ0v) is 16.1. The Balaban J connectivity index is 1.74. The third kappa shape index (κ3) is 2.19. The van der Waals surface area contributed by atoms with Crippen LogP contribution in [-0.4, -0.2) is 27.6 Å². The summed E-state index contributed by atoms with van der Waals surface area (Å²) in [6.45, 7) is 9.44. The van der Waals surface area contributed by atoms with Gasteiger partial charge in [-0.15, -0.1) is 0 Å². The number of rotatable bonds is 2. The number of nitrogens with zero attached hydrogens (tertiary/aromatic N) is 2. The third-order valence-electron chi connectivity index (χ3n) is 6.13. The predicted molar refractivity (Wildman–Crippen MR) is 107 cm³/mol. The standard InChI is InChI=1S/C23H22N2O3/c1-4-14-17-8-13(26)6-7-20(17)24-22-18(14)10-25-12(3)19-11-28-23(27)15(5-2)16(19)9-21(22)25/h6-9,15,26H,3-5,10-11H2,1-2H3/t15-/m1/s1. The molecule has 3 aliphatic heterocycles. The molecule has 1 N–H and O–H groups in total. The van der Waals surface area contributed by atoms with Gasteiger partial charge in [-0.1, -0.05) is 20.4 Å². The highest BCUT2D eigenvalue weighted by atomic mass is 16.5. The smallest absolute Gasteiger partial charge is 0.313 e. The minimum absolute atomic E-state index is 0.159. The third-order valence-corrected chi connectivity index (χ3v) is 6.13. The molecule has 0 aliphatic carbocycles. The summed E-state index contributed by atoms with van der Waals surface area (Å²) in [6.07, 6.45) is 3.67. The van der Waals surface area contributed by atoms with Gasteiger partial charge in [0.1, 0.15) is 12.4 Å². The fraction of sp³-hybridized carbons (Fsp3) is 0.304. The number of carbonyl (C=O) groups excluding carboxylic acids is 1. The summed E-state index contributed by atoms with van der Waals surface area (Å²) in [5.41, 5.74) is 8.15. The average molecular weight is 374 g/mol. The fourth-order valence-electron chi connectivity index (χ4n) is 4.70. The van der Waals surface area contributed by atoms with Crippen molar-refractivity contribution in [1.29, 1.82) is 0 Å². The van der Waals surface area contributed by atoms with Gasteiger partial charge in [0.15, 0.2) is 0 Å². The maximum atomic E-state index is 12.3. The van der Waals surface area contributed by atoms with Crippen LogP contribution in [0.5, 0.6) is 5.75 Å². The number of hydrogen-bond acceptors (Lipinski definition) is 5. The summed E-state index contributed by atoms with van der Waals surface area (Å²) in [5.74, 6) is -0.155. The Hall–Kier alpha value is -3.08. The molecule has 0 unspecified atom stereocenters. The van der Waals surface area contributed by atoms with E-state index < -0.39 is 0 Å². The normalized spacial score (nSPS) is 20.7. The van der Waals surface area contributed by atoms with Crippen LogP contribution in [0.1, 0.15) is 37.1 Å². The quantitative estimate of drug-likeness (QED) is 0.803. The van der Waals surface area contributed by atoms with Gasteiger partial charge in [0.05, 0.1) is 29.4 Å². The van der Waals surface area contributed by atoms with Crippen LogP contribution in [0, 0.1) is 5.92 Å². The van der Waals surface area contributed by atoms with Gasteiger partial charge < -0.3 is 14.7 Å². The number of aromatic hydroxyl groups is 1. The second kappa shape index (κ2) is 5.96. The van der Waals surface area contributed by atoms with Crippen molar-refractivity contribution in [1.82, 2.24) is 9.88 Å². The van der Waals surface area contributed by atoms with E-state index in [1.807, 2.05) is 13.0 Å². The van der Waals surface area contributed by atoms with E-state index >= 15 is 0 Å². The Kier molecular flexibility index (Phi) is 3.63. The van der Waals surface area contributed by atoms with E-state index in [4.69, 9.17) is 9.72 Å². The van der Waals surface area contributed by atoms with E-state index in [1.54, 1.807) is 12.1 Å². The Morgan fingerprint density at radius 1 is 1.36 bits per heavy atom. The largest absolute Gasteiger partial charge is 0.508 e. The van der Waals surface area contributed by atoms with Crippen LogP contribution in [0.15, 0.2) is 47.7 Å². The average Bonchev–Trinajstić information content (AvgIpc) is 3.05. The van der Waals surface area contributed by atoms with Crippen molar-refractivity contribution in [3.05, 3.63) is 64.5 Å². The van der Waals surface area contributed by atoms with Crippen molar-refractivity contribution >= 4 is 22.6 Å². The lowest BCUT2D eigenvalue weighted by Gasteiger charge is -2.35. The van der Waals surface area contributed by atoms with Crippen molar-refractivity contribution in [2.24, 2.45) is 5.92 Å². The zero-order valence-electron chi connectivity index (χ0n) is 16.1. The van der Waals surface area contributed by atoms with Gasteiger partial charge in [-0.05, 0) is 48.3 Å². The van der Waals surface area contributed by atoms with Crippen LogP contribution in [0.4, 0.5) is 0 Å². The highest BCUT2D eigenvalue weighted by Gasteiger charge is 2.39. The molecule has 5 rings (SSSR count). The first-order chi connectivity index (χ1) is 13.5. The number of phenolic OH excluding ortho intramolecular Hbond substituents is 1. The monoisotopic (exact) mass is 374 g/mol. The number of carbonyl (C=O) groups is 1. The molecular formula is C23H22N2O3. The Bertz CT molecular complexity index is 1130. The summed E-state index contributed by atoms with van der Waals surface area (Å²) < 4.78 is 5.41. The lowest BCUT2D eigenvalue weighted by atomic mass is 9.86.